The largest absolute Gasteiger partial charge is 0.461 e. The van der Waals surface area contributed by atoms with Crippen LogP contribution in [-0.2, 0) is 9.53 Å². The summed E-state index contributed by atoms with van der Waals surface area (Å²) in [5.74, 6) is -0.0773. The molecule has 6 atom stereocenters. The Morgan fingerprint density at radius 2 is 2.03 bits per heavy atom. The summed E-state index contributed by atoms with van der Waals surface area (Å²) in [6.07, 6.45) is 7.72. The van der Waals surface area contributed by atoms with Crippen molar-refractivity contribution in [1.29, 1.82) is 0 Å². The lowest BCUT2D eigenvalue weighted by Gasteiger charge is -2.52. The Hall–Kier alpha value is -1.62. The Morgan fingerprint density at radius 1 is 1.26 bits per heavy atom. The van der Waals surface area contributed by atoms with Gasteiger partial charge in [0.15, 0.2) is 0 Å². The highest BCUT2D eigenvalue weighted by molar-refractivity contribution is 6.30. The number of aliphatic hydroxyl groups is 1. The molecule has 2 heterocycles. The van der Waals surface area contributed by atoms with Crippen molar-refractivity contribution < 1.29 is 14.6 Å². The van der Waals surface area contributed by atoms with E-state index in [1.54, 1.807) is 0 Å². The number of halogens is 1. The Morgan fingerprint density at radius 3 is 2.74 bits per heavy atom. The van der Waals surface area contributed by atoms with Crippen molar-refractivity contribution in [3.63, 3.8) is 0 Å². The quantitative estimate of drug-likeness (QED) is 0.545. The third kappa shape index (κ3) is 3.57. The number of allylic oxidation sites excluding steroid dienone is 1. The fraction of sp³-hybridized carbons (Fsp3) is 0.577. The number of benzene rings is 1. The van der Waals surface area contributed by atoms with E-state index in [2.05, 4.69) is 43.0 Å². The molecule has 1 saturated carbocycles. The first-order valence-corrected chi connectivity index (χ1v) is 12.0. The Bertz CT molecular complexity index is 923. The average Bonchev–Trinajstić information content (AvgIpc) is 3.07. The SMILES string of the molecule is C[C@H]1CCC=C2C[C@H]3OC(=O)[C@H](CN4CC=C(c5ccc(Cl)cc5)CC4)[C@H]3[C@@H](O)[C@@]21C. The summed E-state index contributed by atoms with van der Waals surface area (Å²) >= 11 is 6.02. The molecule has 5 rings (SSSR count). The minimum absolute atomic E-state index is 0.114. The van der Waals surface area contributed by atoms with Crippen molar-refractivity contribution in [3.05, 3.63) is 52.6 Å². The molecular formula is C26H32ClNO3. The second-order valence-electron chi connectivity index (χ2n) is 10.0. The summed E-state index contributed by atoms with van der Waals surface area (Å²) in [5.41, 5.74) is 3.60. The van der Waals surface area contributed by atoms with Gasteiger partial charge in [-0.25, -0.2) is 0 Å². The van der Waals surface area contributed by atoms with E-state index in [4.69, 9.17) is 16.3 Å². The predicted molar refractivity (Wildman–Crippen MR) is 123 cm³/mol. The van der Waals surface area contributed by atoms with Gasteiger partial charge in [0.25, 0.3) is 0 Å². The molecule has 5 heteroatoms. The molecule has 0 radical (unpaired) electrons. The van der Waals surface area contributed by atoms with Gasteiger partial charge in [0.1, 0.15) is 6.10 Å². The van der Waals surface area contributed by atoms with Crippen LogP contribution in [0.4, 0.5) is 0 Å². The van der Waals surface area contributed by atoms with E-state index in [-0.39, 0.29) is 29.3 Å². The van der Waals surface area contributed by atoms with Crippen molar-refractivity contribution in [1.82, 2.24) is 4.90 Å². The number of rotatable bonds is 3. The Labute approximate surface area is 189 Å². The van der Waals surface area contributed by atoms with Crippen molar-refractivity contribution in [2.45, 2.75) is 51.7 Å². The molecule has 31 heavy (non-hydrogen) atoms. The van der Waals surface area contributed by atoms with E-state index in [0.717, 1.165) is 43.8 Å². The molecule has 2 fully saturated rings. The second kappa shape index (κ2) is 8.06. The highest BCUT2D eigenvalue weighted by Crippen LogP contribution is 2.56. The van der Waals surface area contributed by atoms with Crippen LogP contribution < -0.4 is 0 Å². The number of aliphatic hydroxyl groups excluding tert-OH is 1. The Kier molecular flexibility index (Phi) is 5.52. The molecule has 1 N–H and O–H groups in total. The minimum Gasteiger partial charge on any atom is -0.461 e. The van der Waals surface area contributed by atoms with Crippen molar-refractivity contribution >= 4 is 23.1 Å². The first-order chi connectivity index (χ1) is 14.9. The lowest BCUT2D eigenvalue weighted by molar-refractivity contribution is -0.145. The Balaban J connectivity index is 1.31. The van der Waals surface area contributed by atoms with Crippen LogP contribution in [0.1, 0.15) is 45.1 Å². The molecule has 0 bridgehead atoms. The van der Waals surface area contributed by atoms with Gasteiger partial charge in [0.05, 0.1) is 12.0 Å². The van der Waals surface area contributed by atoms with Gasteiger partial charge in [0, 0.05) is 42.4 Å². The number of hydrogen-bond donors (Lipinski definition) is 1. The fourth-order valence-electron chi connectivity index (χ4n) is 6.36. The zero-order valence-corrected chi connectivity index (χ0v) is 19.1. The van der Waals surface area contributed by atoms with Crippen molar-refractivity contribution in [2.75, 3.05) is 19.6 Å². The van der Waals surface area contributed by atoms with Gasteiger partial charge in [-0.3, -0.25) is 9.69 Å². The number of nitrogens with zero attached hydrogens (tertiary/aromatic N) is 1. The van der Waals surface area contributed by atoms with Gasteiger partial charge in [-0.15, -0.1) is 0 Å². The van der Waals surface area contributed by atoms with Crippen LogP contribution in [0.3, 0.4) is 0 Å². The smallest absolute Gasteiger partial charge is 0.311 e. The zero-order valence-electron chi connectivity index (χ0n) is 18.4. The van der Waals surface area contributed by atoms with E-state index in [9.17, 15) is 9.90 Å². The van der Waals surface area contributed by atoms with Crippen LogP contribution in [0.2, 0.25) is 5.02 Å². The molecule has 2 aliphatic carbocycles. The van der Waals surface area contributed by atoms with Crippen LogP contribution in [0, 0.1) is 23.2 Å². The standard InChI is InChI=1S/C26H32ClNO3/c1-16-4-3-5-19-14-22-23(24(29)26(16,19)2)21(25(30)31-22)15-28-12-10-18(11-13-28)17-6-8-20(27)9-7-17/h5-10,16,21-24,29H,3-4,11-15H2,1-2H3/t16-,21+,22+,23+,24+,26+/m0/s1. The molecule has 4 nitrogen and oxygen atoms in total. The zero-order chi connectivity index (χ0) is 21.8. The summed E-state index contributed by atoms with van der Waals surface area (Å²) in [4.78, 5) is 15.2. The van der Waals surface area contributed by atoms with Gasteiger partial charge in [0.2, 0.25) is 0 Å². The van der Waals surface area contributed by atoms with Gasteiger partial charge < -0.3 is 9.84 Å². The predicted octanol–water partition coefficient (Wildman–Crippen LogP) is 4.71. The van der Waals surface area contributed by atoms with E-state index >= 15 is 0 Å². The van der Waals surface area contributed by atoms with Crippen LogP contribution in [-0.4, -0.2) is 47.8 Å². The topological polar surface area (TPSA) is 49.8 Å². The second-order valence-corrected chi connectivity index (χ2v) is 10.5. The van der Waals surface area contributed by atoms with E-state index in [0.29, 0.717) is 12.5 Å². The number of fused-ring (bicyclic) bond motifs is 2. The third-order valence-electron chi connectivity index (χ3n) is 8.53. The monoisotopic (exact) mass is 441 g/mol. The van der Waals surface area contributed by atoms with Gasteiger partial charge in [-0.1, -0.05) is 55.3 Å². The number of carbonyl (C=O) groups excluding carboxylic acids is 1. The molecule has 4 aliphatic rings. The number of carbonyl (C=O) groups is 1. The normalized spacial score (nSPS) is 38.1. The maximum atomic E-state index is 12.9. The first kappa shape index (κ1) is 21.2. The first-order valence-electron chi connectivity index (χ1n) is 11.6. The number of hydrogen-bond acceptors (Lipinski definition) is 4. The highest BCUT2D eigenvalue weighted by atomic mass is 35.5. The van der Waals surface area contributed by atoms with Crippen molar-refractivity contribution in [2.24, 2.45) is 23.2 Å². The molecule has 1 aromatic rings. The molecule has 1 aromatic carbocycles. The molecule has 0 unspecified atom stereocenters. The summed E-state index contributed by atoms with van der Waals surface area (Å²) in [5, 5.41) is 12.3. The van der Waals surface area contributed by atoms with Gasteiger partial charge in [-0.05, 0) is 48.4 Å². The number of esters is 1. The molecule has 2 aliphatic heterocycles. The maximum Gasteiger partial charge on any atom is 0.311 e. The molecule has 1 saturated heterocycles. The number of ether oxygens (including phenoxy) is 1. The molecule has 166 valence electrons. The van der Waals surface area contributed by atoms with E-state index < -0.39 is 6.10 Å². The van der Waals surface area contributed by atoms with Crippen LogP contribution in [0.5, 0.6) is 0 Å². The minimum atomic E-state index is -0.533. The summed E-state index contributed by atoms with van der Waals surface area (Å²) in [6.45, 7) is 6.83. The molecule has 0 aromatic heterocycles. The third-order valence-corrected chi connectivity index (χ3v) is 8.79. The van der Waals surface area contributed by atoms with E-state index in [1.807, 2.05) is 12.1 Å². The molecular weight excluding hydrogens is 410 g/mol. The van der Waals surface area contributed by atoms with Crippen LogP contribution in [0.25, 0.3) is 5.57 Å². The van der Waals surface area contributed by atoms with Gasteiger partial charge >= 0.3 is 5.97 Å². The average molecular weight is 442 g/mol. The van der Waals surface area contributed by atoms with Crippen LogP contribution in [0.15, 0.2) is 42.0 Å². The van der Waals surface area contributed by atoms with E-state index in [1.165, 1.54) is 16.7 Å². The fourth-order valence-corrected chi connectivity index (χ4v) is 6.48. The molecule has 0 spiro atoms. The summed E-state index contributed by atoms with van der Waals surface area (Å²) < 4.78 is 5.83. The summed E-state index contributed by atoms with van der Waals surface area (Å²) in [7, 11) is 0. The highest BCUT2D eigenvalue weighted by Gasteiger charge is 2.59. The van der Waals surface area contributed by atoms with Crippen molar-refractivity contribution in [3.8, 4) is 0 Å². The lowest BCUT2D eigenvalue weighted by Crippen LogP contribution is -2.54. The van der Waals surface area contributed by atoms with Crippen LogP contribution >= 0.6 is 11.6 Å². The maximum absolute atomic E-state index is 12.9. The summed E-state index contributed by atoms with van der Waals surface area (Å²) in [6, 6.07) is 7.99. The lowest BCUT2D eigenvalue weighted by atomic mass is 9.55. The van der Waals surface area contributed by atoms with Gasteiger partial charge in [-0.2, -0.15) is 0 Å². The molecule has 0 amide bonds.